The van der Waals surface area contributed by atoms with E-state index in [-0.39, 0.29) is 5.91 Å². The van der Waals surface area contributed by atoms with Gasteiger partial charge in [-0.2, -0.15) is 5.10 Å². The fourth-order valence-electron chi connectivity index (χ4n) is 3.15. The monoisotopic (exact) mass is 332 g/mol. The summed E-state index contributed by atoms with van der Waals surface area (Å²) < 4.78 is 1.98. The van der Waals surface area contributed by atoms with E-state index in [2.05, 4.69) is 28.8 Å². The number of anilines is 1. The first-order valence-electron chi connectivity index (χ1n) is 8.18. The molecule has 6 heteroatoms. The molecule has 124 valence electrons. The Morgan fingerprint density at radius 3 is 2.91 bits per heavy atom. The zero-order valence-electron chi connectivity index (χ0n) is 13.8. The van der Waals surface area contributed by atoms with Crippen LogP contribution >= 0.6 is 11.3 Å². The van der Waals surface area contributed by atoms with Gasteiger partial charge in [-0.05, 0) is 43.8 Å². The normalized spacial score (nSPS) is 15.4. The molecule has 1 amide bonds. The standard InChI is InChI=1S/C17H24N4OS/c1-13-8-10-23-15(13)11-20(2)12-17(22)19-16-7-9-18-21(16)14-5-3-4-6-14/h7-10,14H,3-6,11-12H2,1-2H3,(H,19,22). The predicted molar refractivity (Wildman–Crippen MR) is 93.8 cm³/mol. The number of hydrogen-bond donors (Lipinski definition) is 1. The highest BCUT2D eigenvalue weighted by molar-refractivity contribution is 7.10. The van der Waals surface area contributed by atoms with Gasteiger partial charge in [0.1, 0.15) is 5.82 Å². The Labute approximate surface area is 141 Å². The van der Waals surface area contributed by atoms with Gasteiger partial charge in [0.2, 0.25) is 5.91 Å². The third kappa shape index (κ3) is 4.00. The van der Waals surface area contributed by atoms with Crippen molar-refractivity contribution in [2.24, 2.45) is 0 Å². The van der Waals surface area contributed by atoms with Crippen molar-refractivity contribution in [1.82, 2.24) is 14.7 Å². The Hall–Kier alpha value is -1.66. The summed E-state index contributed by atoms with van der Waals surface area (Å²) in [5.41, 5.74) is 1.29. The number of hydrogen-bond acceptors (Lipinski definition) is 4. The molecule has 1 aliphatic carbocycles. The zero-order valence-corrected chi connectivity index (χ0v) is 14.6. The van der Waals surface area contributed by atoms with Crippen molar-refractivity contribution < 1.29 is 4.79 Å². The fourth-order valence-corrected chi connectivity index (χ4v) is 4.13. The summed E-state index contributed by atoms with van der Waals surface area (Å²) in [6, 6.07) is 4.44. The van der Waals surface area contributed by atoms with Crippen LogP contribution in [-0.2, 0) is 11.3 Å². The third-order valence-corrected chi connectivity index (χ3v) is 5.41. The minimum atomic E-state index is 0.0152. The largest absolute Gasteiger partial charge is 0.310 e. The maximum absolute atomic E-state index is 12.3. The van der Waals surface area contributed by atoms with Crippen molar-refractivity contribution in [2.45, 2.75) is 45.2 Å². The van der Waals surface area contributed by atoms with Gasteiger partial charge in [0, 0.05) is 17.5 Å². The molecule has 0 bridgehead atoms. The van der Waals surface area contributed by atoms with Gasteiger partial charge in [0.25, 0.3) is 0 Å². The number of rotatable bonds is 6. The molecular weight excluding hydrogens is 308 g/mol. The summed E-state index contributed by atoms with van der Waals surface area (Å²) >= 11 is 1.74. The minimum absolute atomic E-state index is 0.0152. The topological polar surface area (TPSA) is 50.2 Å². The molecule has 2 aromatic rings. The second kappa shape index (κ2) is 7.27. The molecule has 0 spiro atoms. The summed E-state index contributed by atoms with van der Waals surface area (Å²) in [5, 5.41) is 9.50. The minimum Gasteiger partial charge on any atom is -0.310 e. The van der Waals surface area contributed by atoms with Crippen LogP contribution in [0.5, 0.6) is 0 Å². The molecule has 1 aliphatic rings. The van der Waals surface area contributed by atoms with Gasteiger partial charge in [0.05, 0.1) is 18.8 Å². The molecule has 2 aromatic heterocycles. The first kappa shape index (κ1) is 16.2. The molecule has 1 saturated carbocycles. The van der Waals surface area contributed by atoms with E-state index in [1.54, 1.807) is 17.5 Å². The number of thiophene rings is 1. The molecule has 5 nitrogen and oxygen atoms in total. The summed E-state index contributed by atoms with van der Waals surface area (Å²) in [7, 11) is 1.98. The lowest BCUT2D eigenvalue weighted by Crippen LogP contribution is -2.30. The molecule has 0 atom stereocenters. The van der Waals surface area contributed by atoms with Crippen molar-refractivity contribution in [3.63, 3.8) is 0 Å². The molecule has 23 heavy (non-hydrogen) atoms. The van der Waals surface area contributed by atoms with E-state index in [0.717, 1.165) is 25.2 Å². The SMILES string of the molecule is Cc1ccsc1CN(C)CC(=O)Nc1ccnn1C1CCCC1. The summed E-state index contributed by atoms with van der Waals surface area (Å²) in [6.07, 6.45) is 6.58. The van der Waals surface area contributed by atoms with Gasteiger partial charge >= 0.3 is 0 Å². The van der Waals surface area contributed by atoms with E-state index in [1.165, 1.54) is 23.3 Å². The number of aryl methyl sites for hydroxylation is 1. The highest BCUT2D eigenvalue weighted by Gasteiger charge is 2.20. The molecule has 0 unspecified atom stereocenters. The van der Waals surface area contributed by atoms with Gasteiger partial charge in [0.15, 0.2) is 0 Å². The Bertz CT molecular complexity index is 657. The molecule has 1 fully saturated rings. The smallest absolute Gasteiger partial charge is 0.239 e. The van der Waals surface area contributed by atoms with Crippen LogP contribution in [0.2, 0.25) is 0 Å². The van der Waals surface area contributed by atoms with Gasteiger partial charge < -0.3 is 5.32 Å². The van der Waals surface area contributed by atoms with Gasteiger partial charge in [-0.25, -0.2) is 4.68 Å². The molecule has 2 heterocycles. The average Bonchev–Trinajstić information content (AvgIpc) is 3.21. The second-order valence-electron chi connectivity index (χ2n) is 6.35. The van der Waals surface area contributed by atoms with Gasteiger partial charge in [-0.3, -0.25) is 9.69 Å². The first-order valence-corrected chi connectivity index (χ1v) is 9.06. The van der Waals surface area contributed by atoms with Crippen LogP contribution < -0.4 is 5.32 Å². The van der Waals surface area contributed by atoms with E-state index >= 15 is 0 Å². The highest BCUT2D eigenvalue weighted by Crippen LogP contribution is 2.31. The van der Waals surface area contributed by atoms with E-state index in [4.69, 9.17) is 0 Å². The van der Waals surface area contributed by atoms with Crippen LogP contribution in [0.3, 0.4) is 0 Å². The quantitative estimate of drug-likeness (QED) is 0.881. The van der Waals surface area contributed by atoms with E-state index in [0.29, 0.717) is 12.6 Å². The van der Waals surface area contributed by atoms with E-state index in [1.807, 2.05) is 22.7 Å². The Morgan fingerprint density at radius 1 is 1.43 bits per heavy atom. The third-order valence-electron chi connectivity index (χ3n) is 4.40. The molecule has 0 aliphatic heterocycles. The van der Waals surface area contributed by atoms with E-state index < -0.39 is 0 Å². The maximum atomic E-state index is 12.3. The Morgan fingerprint density at radius 2 is 2.22 bits per heavy atom. The number of aromatic nitrogens is 2. The summed E-state index contributed by atoms with van der Waals surface area (Å²) in [6.45, 7) is 3.30. The van der Waals surface area contributed by atoms with Crippen LogP contribution in [0.25, 0.3) is 0 Å². The van der Waals surface area contributed by atoms with Crippen LogP contribution in [0, 0.1) is 6.92 Å². The number of carbonyl (C=O) groups excluding carboxylic acids is 1. The van der Waals surface area contributed by atoms with Crippen molar-refractivity contribution >= 4 is 23.1 Å². The lowest BCUT2D eigenvalue weighted by Gasteiger charge is -2.18. The number of amides is 1. The number of nitrogens with one attached hydrogen (secondary N) is 1. The Balaban J connectivity index is 1.55. The van der Waals surface area contributed by atoms with Crippen LogP contribution in [0.4, 0.5) is 5.82 Å². The second-order valence-corrected chi connectivity index (χ2v) is 7.35. The van der Waals surface area contributed by atoms with Crippen molar-refractivity contribution in [3.8, 4) is 0 Å². The zero-order chi connectivity index (χ0) is 16.2. The maximum Gasteiger partial charge on any atom is 0.239 e. The van der Waals surface area contributed by atoms with Gasteiger partial charge in [-0.15, -0.1) is 11.3 Å². The number of carbonyl (C=O) groups is 1. The average molecular weight is 332 g/mol. The summed E-state index contributed by atoms with van der Waals surface area (Å²) in [4.78, 5) is 15.7. The number of likely N-dealkylation sites (N-methyl/N-ethyl adjacent to an activating group) is 1. The van der Waals surface area contributed by atoms with Crippen molar-refractivity contribution in [3.05, 3.63) is 34.2 Å². The summed E-state index contributed by atoms with van der Waals surface area (Å²) in [5.74, 6) is 0.837. The van der Waals surface area contributed by atoms with Crippen LogP contribution in [-0.4, -0.2) is 34.2 Å². The highest BCUT2D eigenvalue weighted by atomic mass is 32.1. The molecule has 0 saturated heterocycles. The van der Waals surface area contributed by atoms with Crippen LogP contribution in [0.1, 0.15) is 42.2 Å². The Kier molecular flexibility index (Phi) is 5.13. The molecule has 1 N–H and O–H groups in total. The predicted octanol–water partition coefficient (Wildman–Crippen LogP) is 3.44. The van der Waals surface area contributed by atoms with Crippen molar-refractivity contribution in [2.75, 3.05) is 18.9 Å². The molecule has 0 radical (unpaired) electrons. The van der Waals surface area contributed by atoms with Crippen LogP contribution in [0.15, 0.2) is 23.7 Å². The molecular formula is C17H24N4OS. The van der Waals surface area contributed by atoms with Crippen molar-refractivity contribution in [1.29, 1.82) is 0 Å². The molecule has 0 aromatic carbocycles. The molecule has 3 rings (SSSR count). The van der Waals surface area contributed by atoms with E-state index in [9.17, 15) is 4.79 Å². The lowest BCUT2D eigenvalue weighted by atomic mass is 10.2. The lowest BCUT2D eigenvalue weighted by molar-refractivity contribution is -0.117. The first-order chi connectivity index (χ1) is 11.1. The van der Waals surface area contributed by atoms with Gasteiger partial charge in [-0.1, -0.05) is 12.8 Å². The fraction of sp³-hybridized carbons (Fsp3) is 0.529. The number of nitrogens with zero attached hydrogens (tertiary/aromatic N) is 3.